The van der Waals surface area contributed by atoms with Gasteiger partial charge in [-0.05, 0) is 46.5 Å². The average molecular weight is 377 g/mol. The van der Waals surface area contributed by atoms with E-state index in [1.165, 1.54) is 6.20 Å². The van der Waals surface area contributed by atoms with Crippen molar-refractivity contribution >= 4 is 22.8 Å². The summed E-state index contributed by atoms with van der Waals surface area (Å²) in [5, 5.41) is 3.74. The van der Waals surface area contributed by atoms with E-state index < -0.39 is 5.97 Å². The zero-order valence-corrected chi connectivity index (χ0v) is 17.5. The standard InChI is InChI=1S/C18H26N4O3.C2H6/c1-6-22-11-14(18(24)25-7-2)15(23)13-10-12(3)16(20-17(13)22)19-8-9-21(4)5;1-2/h10-11H,6-9H2,1-5H3,(H,19,20);1-2H3. The molecule has 0 radical (unpaired) electrons. The van der Waals surface area contributed by atoms with Crippen LogP contribution < -0.4 is 10.7 Å². The molecule has 7 nitrogen and oxygen atoms in total. The van der Waals surface area contributed by atoms with Crippen LogP contribution in [-0.4, -0.2) is 54.2 Å². The van der Waals surface area contributed by atoms with E-state index in [4.69, 9.17) is 4.74 Å². The van der Waals surface area contributed by atoms with Gasteiger partial charge >= 0.3 is 5.97 Å². The summed E-state index contributed by atoms with van der Waals surface area (Å²) in [5.74, 6) is 0.155. The van der Waals surface area contributed by atoms with Gasteiger partial charge in [0.1, 0.15) is 17.0 Å². The number of anilines is 1. The minimum atomic E-state index is -0.595. The number of likely N-dealkylation sites (N-methyl/N-ethyl adjacent to an activating group) is 1. The third-order valence-corrected chi connectivity index (χ3v) is 3.93. The molecule has 2 heterocycles. The number of nitrogens with one attached hydrogen (secondary N) is 1. The lowest BCUT2D eigenvalue weighted by molar-refractivity contribution is 0.0524. The molecule has 150 valence electrons. The molecule has 0 aromatic carbocycles. The minimum Gasteiger partial charge on any atom is -0.462 e. The van der Waals surface area contributed by atoms with Gasteiger partial charge in [0, 0.05) is 25.8 Å². The van der Waals surface area contributed by atoms with Crippen LogP contribution in [0.4, 0.5) is 5.82 Å². The van der Waals surface area contributed by atoms with Gasteiger partial charge in [-0.15, -0.1) is 0 Å². The van der Waals surface area contributed by atoms with Crippen molar-refractivity contribution < 1.29 is 9.53 Å². The summed E-state index contributed by atoms with van der Waals surface area (Å²) >= 11 is 0. The molecule has 0 atom stereocenters. The first-order valence-electron chi connectivity index (χ1n) is 9.49. The number of rotatable bonds is 7. The van der Waals surface area contributed by atoms with E-state index in [0.29, 0.717) is 17.6 Å². The molecule has 2 aromatic rings. The van der Waals surface area contributed by atoms with Crippen molar-refractivity contribution in [3.8, 4) is 0 Å². The molecule has 2 aromatic heterocycles. The van der Waals surface area contributed by atoms with Gasteiger partial charge in [-0.25, -0.2) is 9.78 Å². The van der Waals surface area contributed by atoms with Crippen LogP contribution in [-0.2, 0) is 11.3 Å². The van der Waals surface area contributed by atoms with Crippen LogP contribution in [0, 0.1) is 6.92 Å². The zero-order chi connectivity index (χ0) is 20.6. The predicted octanol–water partition coefficient (Wildman–Crippen LogP) is 2.90. The highest BCUT2D eigenvalue weighted by molar-refractivity contribution is 5.93. The lowest BCUT2D eigenvalue weighted by Crippen LogP contribution is -2.23. The van der Waals surface area contributed by atoms with Gasteiger partial charge in [0.25, 0.3) is 0 Å². The maximum absolute atomic E-state index is 12.7. The fourth-order valence-electron chi connectivity index (χ4n) is 2.58. The maximum Gasteiger partial charge on any atom is 0.343 e. The van der Waals surface area contributed by atoms with E-state index in [2.05, 4.69) is 15.2 Å². The van der Waals surface area contributed by atoms with Crippen LogP contribution in [0.5, 0.6) is 0 Å². The third-order valence-electron chi connectivity index (χ3n) is 3.93. The van der Waals surface area contributed by atoms with Crippen LogP contribution in [0.2, 0.25) is 0 Å². The number of hydrogen-bond donors (Lipinski definition) is 1. The van der Waals surface area contributed by atoms with E-state index in [1.54, 1.807) is 17.6 Å². The van der Waals surface area contributed by atoms with Crippen molar-refractivity contribution in [1.29, 1.82) is 0 Å². The number of carbonyl (C=O) groups excluding carboxylic acids is 1. The second-order valence-corrected chi connectivity index (χ2v) is 6.13. The van der Waals surface area contributed by atoms with Gasteiger partial charge in [-0.3, -0.25) is 4.79 Å². The number of fused-ring (bicyclic) bond motifs is 1. The fourth-order valence-corrected chi connectivity index (χ4v) is 2.58. The summed E-state index contributed by atoms with van der Waals surface area (Å²) < 4.78 is 6.80. The molecule has 0 saturated carbocycles. The topological polar surface area (TPSA) is 76.5 Å². The fraction of sp³-hybridized carbons (Fsp3) is 0.550. The summed E-state index contributed by atoms with van der Waals surface area (Å²) in [6.45, 7) is 12.0. The predicted molar refractivity (Wildman–Crippen MR) is 111 cm³/mol. The number of aryl methyl sites for hydroxylation is 2. The molecule has 0 spiro atoms. The van der Waals surface area contributed by atoms with Gasteiger partial charge in [0.15, 0.2) is 0 Å². The second kappa shape index (κ2) is 10.7. The number of carbonyl (C=O) groups is 1. The van der Waals surface area contributed by atoms with E-state index >= 15 is 0 Å². The zero-order valence-electron chi connectivity index (χ0n) is 17.5. The van der Waals surface area contributed by atoms with Crippen molar-refractivity contribution in [2.24, 2.45) is 0 Å². The first-order valence-corrected chi connectivity index (χ1v) is 9.49. The van der Waals surface area contributed by atoms with E-state index in [0.717, 1.165) is 24.5 Å². The molecule has 0 fully saturated rings. The SMILES string of the molecule is CC.CCOC(=O)c1cn(CC)c2nc(NCCN(C)C)c(C)cc2c1=O. The summed E-state index contributed by atoms with van der Waals surface area (Å²) in [4.78, 5) is 31.5. The highest BCUT2D eigenvalue weighted by Crippen LogP contribution is 2.18. The van der Waals surface area contributed by atoms with Crippen molar-refractivity contribution in [1.82, 2.24) is 14.5 Å². The molecule has 27 heavy (non-hydrogen) atoms. The van der Waals surface area contributed by atoms with Crippen LogP contribution in [0.25, 0.3) is 11.0 Å². The number of hydrogen-bond acceptors (Lipinski definition) is 6. The number of ether oxygens (including phenoxy) is 1. The van der Waals surface area contributed by atoms with Gasteiger partial charge in [-0.1, -0.05) is 13.8 Å². The Morgan fingerprint density at radius 3 is 2.52 bits per heavy atom. The monoisotopic (exact) mass is 376 g/mol. The molecule has 0 aliphatic rings. The van der Waals surface area contributed by atoms with E-state index in [9.17, 15) is 9.59 Å². The number of pyridine rings is 2. The van der Waals surface area contributed by atoms with Gasteiger partial charge in [0.2, 0.25) is 5.43 Å². The molecule has 0 aliphatic carbocycles. The molecular formula is C20H32N4O3. The van der Waals surface area contributed by atoms with E-state index in [-0.39, 0.29) is 17.6 Å². The highest BCUT2D eigenvalue weighted by Gasteiger charge is 2.18. The molecule has 1 N–H and O–H groups in total. The Balaban J connectivity index is 0.00000176. The summed E-state index contributed by atoms with van der Waals surface area (Å²) in [6.07, 6.45) is 1.54. The van der Waals surface area contributed by atoms with Crippen molar-refractivity contribution in [3.63, 3.8) is 0 Å². The largest absolute Gasteiger partial charge is 0.462 e. The first kappa shape index (κ1) is 22.6. The van der Waals surface area contributed by atoms with Gasteiger partial charge in [0.05, 0.1) is 12.0 Å². The normalized spacial score (nSPS) is 10.5. The molecule has 2 rings (SSSR count). The minimum absolute atomic E-state index is 0.0470. The quantitative estimate of drug-likeness (QED) is 0.749. The molecule has 0 bridgehead atoms. The second-order valence-electron chi connectivity index (χ2n) is 6.13. The molecule has 0 amide bonds. The summed E-state index contributed by atoms with van der Waals surface area (Å²) in [5.41, 5.74) is 1.14. The van der Waals surface area contributed by atoms with Crippen LogP contribution in [0.3, 0.4) is 0 Å². The first-order chi connectivity index (χ1) is 12.9. The highest BCUT2D eigenvalue weighted by atomic mass is 16.5. The molecule has 7 heteroatoms. The Kier molecular flexibility index (Phi) is 8.94. The van der Waals surface area contributed by atoms with Crippen LogP contribution >= 0.6 is 0 Å². The Hall–Kier alpha value is -2.41. The maximum atomic E-state index is 12.7. The average Bonchev–Trinajstić information content (AvgIpc) is 2.64. The number of esters is 1. The molecular weight excluding hydrogens is 344 g/mol. The van der Waals surface area contributed by atoms with Gasteiger partial charge < -0.3 is 19.5 Å². The summed E-state index contributed by atoms with van der Waals surface area (Å²) in [7, 11) is 4.02. The Bertz CT molecular complexity index is 828. The van der Waals surface area contributed by atoms with Crippen molar-refractivity contribution in [3.05, 3.63) is 33.6 Å². The van der Waals surface area contributed by atoms with Crippen LogP contribution in [0.15, 0.2) is 17.1 Å². The lowest BCUT2D eigenvalue weighted by atomic mass is 10.1. The van der Waals surface area contributed by atoms with Gasteiger partial charge in [-0.2, -0.15) is 0 Å². The number of nitrogens with zero attached hydrogens (tertiary/aromatic N) is 3. The number of aromatic nitrogens is 2. The molecule has 0 unspecified atom stereocenters. The Morgan fingerprint density at radius 2 is 1.96 bits per heavy atom. The Morgan fingerprint density at radius 1 is 1.30 bits per heavy atom. The van der Waals surface area contributed by atoms with E-state index in [1.807, 2.05) is 41.8 Å². The summed E-state index contributed by atoms with van der Waals surface area (Å²) in [6, 6.07) is 1.79. The molecule has 0 saturated heterocycles. The Labute approximate surface area is 161 Å². The van der Waals surface area contributed by atoms with Crippen molar-refractivity contribution in [2.45, 2.75) is 41.2 Å². The lowest BCUT2D eigenvalue weighted by Gasteiger charge is -2.15. The third kappa shape index (κ3) is 5.53. The van der Waals surface area contributed by atoms with Crippen molar-refractivity contribution in [2.75, 3.05) is 39.1 Å². The van der Waals surface area contributed by atoms with Crippen LogP contribution in [0.1, 0.15) is 43.6 Å². The smallest absolute Gasteiger partial charge is 0.343 e. The molecule has 0 aliphatic heterocycles.